The molecule has 18 heavy (non-hydrogen) atoms. The lowest BCUT2D eigenvalue weighted by atomic mass is 9.96. The number of hydrogen-bond donors (Lipinski definition) is 1. The summed E-state index contributed by atoms with van der Waals surface area (Å²) in [5.74, 6) is -0.263. The van der Waals surface area contributed by atoms with Crippen LogP contribution < -0.4 is 5.73 Å². The fourth-order valence-electron chi connectivity index (χ4n) is 2.23. The van der Waals surface area contributed by atoms with Crippen molar-refractivity contribution in [2.45, 2.75) is 26.7 Å². The van der Waals surface area contributed by atoms with Gasteiger partial charge in [0.25, 0.3) is 0 Å². The second-order valence-corrected chi connectivity index (χ2v) is 4.43. The summed E-state index contributed by atoms with van der Waals surface area (Å²) in [6.45, 7) is 4.26. The van der Waals surface area contributed by atoms with E-state index in [1.54, 1.807) is 12.1 Å². The highest BCUT2D eigenvalue weighted by Gasteiger charge is 2.07. The Morgan fingerprint density at radius 1 is 0.944 bits per heavy atom. The van der Waals surface area contributed by atoms with Crippen molar-refractivity contribution < 1.29 is 4.39 Å². The second kappa shape index (κ2) is 5.21. The summed E-state index contributed by atoms with van der Waals surface area (Å²) >= 11 is 0. The molecule has 2 aromatic rings. The topological polar surface area (TPSA) is 26.0 Å². The highest BCUT2D eigenvalue weighted by Crippen LogP contribution is 2.27. The Hall–Kier alpha value is -1.83. The van der Waals surface area contributed by atoms with Crippen LogP contribution in [0.25, 0.3) is 11.1 Å². The van der Waals surface area contributed by atoms with Gasteiger partial charge in [-0.1, -0.05) is 32.0 Å². The number of anilines is 1. The fraction of sp³-hybridized carbons (Fsp3) is 0.250. The zero-order chi connectivity index (χ0) is 13.1. The van der Waals surface area contributed by atoms with Crippen LogP contribution >= 0.6 is 0 Å². The second-order valence-electron chi connectivity index (χ2n) is 4.43. The van der Waals surface area contributed by atoms with Crippen LogP contribution in [-0.2, 0) is 12.8 Å². The molecule has 2 heteroatoms. The number of nitrogens with two attached hydrogens (primary N) is 1. The molecule has 0 aliphatic heterocycles. The Morgan fingerprint density at radius 3 is 2.28 bits per heavy atom. The molecular weight excluding hydrogens is 225 g/mol. The predicted molar refractivity (Wildman–Crippen MR) is 75.0 cm³/mol. The van der Waals surface area contributed by atoms with Crippen molar-refractivity contribution in [3.63, 3.8) is 0 Å². The van der Waals surface area contributed by atoms with E-state index in [9.17, 15) is 4.39 Å². The van der Waals surface area contributed by atoms with Gasteiger partial charge >= 0.3 is 0 Å². The van der Waals surface area contributed by atoms with Gasteiger partial charge in [0.15, 0.2) is 0 Å². The molecule has 1 nitrogen and oxygen atoms in total. The van der Waals surface area contributed by atoms with E-state index < -0.39 is 0 Å². The van der Waals surface area contributed by atoms with Gasteiger partial charge in [0.05, 0.1) is 0 Å². The molecule has 0 spiro atoms. The lowest BCUT2D eigenvalue weighted by molar-refractivity contribution is 0.632. The molecule has 2 rings (SSSR count). The van der Waals surface area contributed by atoms with Crippen LogP contribution in [0, 0.1) is 5.82 Å². The van der Waals surface area contributed by atoms with Crippen molar-refractivity contribution in [1.29, 1.82) is 0 Å². The van der Waals surface area contributed by atoms with Gasteiger partial charge in [-0.2, -0.15) is 0 Å². The van der Waals surface area contributed by atoms with E-state index in [2.05, 4.69) is 26.0 Å². The minimum absolute atomic E-state index is 0.263. The summed E-state index contributed by atoms with van der Waals surface area (Å²) in [6, 6.07) is 11.0. The van der Waals surface area contributed by atoms with E-state index in [1.807, 2.05) is 6.07 Å². The zero-order valence-corrected chi connectivity index (χ0v) is 10.8. The maximum absolute atomic E-state index is 13.9. The summed E-state index contributed by atoms with van der Waals surface area (Å²) in [6.07, 6.45) is 1.97. The smallest absolute Gasteiger partial charge is 0.133 e. The van der Waals surface area contributed by atoms with Crippen molar-refractivity contribution in [2.75, 3.05) is 5.73 Å². The van der Waals surface area contributed by atoms with Gasteiger partial charge in [-0.3, -0.25) is 0 Å². The highest BCUT2D eigenvalue weighted by molar-refractivity contribution is 5.67. The number of halogens is 1. The third-order valence-electron chi connectivity index (χ3n) is 3.27. The van der Waals surface area contributed by atoms with E-state index in [1.165, 1.54) is 17.2 Å². The maximum Gasteiger partial charge on any atom is 0.133 e. The van der Waals surface area contributed by atoms with Crippen LogP contribution in [0.4, 0.5) is 10.1 Å². The lowest BCUT2D eigenvalue weighted by Crippen LogP contribution is -1.94. The van der Waals surface area contributed by atoms with Crippen molar-refractivity contribution in [3.8, 4) is 11.1 Å². The molecule has 0 atom stereocenters. The Bertz CT molecular complexity index is 561. The summed E-state index contributed by atoms with van der Waals surface area (Å²) in [4.78, 5) is 0. The molecule has 94 valence electrons. The third kappa shape index (κ3) is 2.37. The van der Waals surface area contributed by atoms with Crippen LogP contribution in [0.15, 0.2) is 36.4 Å². The number of nitrogen functional groups attached to an aromatic ring is 1. The van der Waals surface area contributed by atoms with Crippen molar-refractivity contribution in [1.82, 2.24) is 0 Å². The molecule has 0 amide bonds. The Morgan fingerprint density at radius 2 is 1.67 bits per heavy atom. The van der Waals surface area contributed by atoms with Crippen molar-refractivity contribution >= 4 is 5.69 Å². The van der Waals surface area contributed by atoms with E-state index >= 15 is 0 Å². The van der Waals surface area contributed by atoms with Crippen LogP contribution in [0.2, 0.25) is 0 Å². The number of rotatable bonds is 3. The first-order chi connectivity index (χ1) is 8.65. The van der Waals surface area contributed by atoms with Crippen LogP contribution in [0.3, 0.4) is 0 Å². The number of benzene rings is 2. The number of hydrogen-bond acceptors (Lipinski definition) is 1. The average Bonchev–Trinajstić information content (AvgIpc) is 2.38. The van der Waals surface area contributed by atoms with Crippen molar-refractivity contribution in [3.05, 3.63) is 53.3 Å². The molecule has 0 heterocycles. The summed E-state index contributed by atoms with van der Waals surface area (Å²) in [5.41, 5.74) is 10.2. The predicted octanol–water partition coefficient (Wildman–Crippen LogP) is 4.20. The molecule has 0 radical (unpaired) electrons. The summed E-state index contributed by atoms with van der Waals surface area (Å²) < 4.78 is 13.9. The molecule has 2 N–H and O–H groups in total. The first-order valence-corrected chi connectivity index (χ1v) is 6.33. The van der Waals surface area contributed by atoms with Gasteiger partial charge in [0.1, 0.15) is 5.82 Å². The molecule has 0 fully saturated rings. The van der Waals surface area contributed by atoms with E-state index in [4.69, 9.17) is 5.73 Å². The quantitative estimate of drug-likeness (QED) is 0.803. The van der Waals surface area contributed by atoms with Gasteiger partial charge < -0.3 is 5.73 Å². The largest absolute Gasteiger partial charge is 0.399 e. The normalized spacial score (nSPS) is 10.6. The van der Waals surface area contributed by atoms with Gasteiger partial charge in [0.2, 0.25) is 0 Å². The SMILES string of the molecule is CCc1ccc(-c2ccc(N)cc2F)cc1CC. The van der Waals surface area contributed by atoms with E-state index in [-0.39, 0.29) is 5.82 Å². The first kappa shape index (κ1) is 12.6. The summed E-state index contributed by atoms with van der Waals surface area (Å²) in [7, 11) is 0. The first-order valence-electron chi connectivity index (χ1n) is 6.33. The van der Waals surface area contributed by atoms with Crippen LogP contribution in [0.1, 0.15) is 25.0 Å². The lowest BCUT2D eigenvalue weighted by Gasteiger charge is -2.10. The zero-order valence-electron chi connectivity index (χ0n) is 10.8. The number of aryl methyl sites for hydroxylation is 2. The highest BCUT2D eigenvalue weighted by atomic mass is 19.1. The molecule has 0 unspecified atom stereocenters. The minimum Gasteiger partial charge on any atom is -0.399 e. The molecule has 2 aromatic carbocycles. The minimum atomic E-state index is -0.263. The molecule has 0 saturated carbocycles. The summed E-state index contributed by atoms with van der Waals surface area (Å²) in [5, 5.41) is 0. The maximum atomic E-state index is 13.9. The Labute approximate surface area is 107 Å². The molecule has 0 saturated heterocycles. The van der Waals surface area contributed by atoms with Crippen LogP contribution in [0.5, 0.6) is 0 Å². The van der Waals surface area contributed by atoms with Crippen molar-refractivity contribution in [2.24, 2.45) is 0 Å². The molecule has 0 aliphatic rings. The van der Waals surface area contributed by atoms with E-state index in [0.717, 1.165) is 18.4 Å². The van der Waals surface area contributed by atoms with Gasteiger partial charge in [-0.15, -0.1) is 0 Å². The fourth-order valence-corrected chi connectivity index (χ4v) is 2.23. The average molecular weight is 243 g/mol. The Kier molecular flexibility index (Phi) is 3.66. The van der Waals surface area contributed by atoms with E-state index in [0.29, 0.717) is 11.3 Å². The third-order valence-corrected chi connectivity index (χ3v) is 3.27. The molecule has 0 bridgehead atoms. The van der Waals surface area contributed by atoms with Gasteiger partial charge in [0, 0.05) is 11.3 Å². The monoisotopic (exact) mass is 243 g/mol. The Balaban J connectivity index is 2.51. The van der Waals surface area contributed by atoms with Gasteiger partial charge in [-0.25, -0.2) is 4.39 Å². The molecule has 0 aliphatic carbocycles. The molecule has 0 aromatic heterocycles. The van der Waals surface area contributed by atoms with Crippen LogP contribution in [-0.4, -0.2) is 0 Å². The van der Waals surface area contributed by atoms with Gasteiger partial charge in [-0.05, 0) is 47.7 Å². The molecular formula is C16H18FN. The standard InChI is InChI=1S/C16H18FN/c1-3-11-5-6-13(9-12(11)4-2)15-8-7-14(18)10-16(15)17/h5-10H,3-4,18H2,1-2H3.